The molecule has 0 fully saturated rings. The first-order valence-electron chi connectivity index (χ1n) is 10.4. The molecule has 2 heterocycles. The molecule has 2 aromatic rings. The first-order chi connectivity index (χ1) is 15.9. The number of hydrogen-bond acceptors (Lipinski definition) is 9. The molecule has 11 nitrogen and oxygen atoms in total. The Balaban J connectivity index is 1.63. The van der Waals surface area contributed by atoms with E-state index in [-0.39, 0.29) is 36.8 Å². The second kappa shape index (κ2) is 11.0. The Morgan fingerprint density at radius 1 is 1.09 bits per heavy atom. The van der Waals surface area contributed by atoms with Gasteiger partial charge in [-0.25, -0.2) is 9.59 Å². The zero-order valence-corrected chi connectivity index (χ0v) is 18.6. The number of H-pyrrole nitrogens is 1. The lowest BCUT2D eigenvalue weighted by Crippen LogP contribution is -2.16. The highest BCUT2D eigenvalue weighted by atomic mass is 16.6. The summed E-state index contributed by atoms with van der Waals surface area (Å²) in [6, 6.07) is 5.01. The van der Waals surface area contributed by atoms with Crippen molar-refractivity contribution in [2.24, 2.45) is 5.16 Å². The number of oxime groups is 1. The number of aromatic nitrogens is 1. The first-order valence-corrected chi connectivity index (χ1v) is 10.4. The van der Waals surface area contributed by atoms with Crippen LogP contribution in [0.25, 0.3) is 0 Å². The number of esters is 2. The summed E-state index contributed by atoms with van der Waals surface area (Å²) in [5.41, 5.74) is 1.44. The third-order valence-electron chi connectivity index (χ3n) is 4.55. The largest absolute Gasteiger partial charge is 0.486 e. The maximum absolute atomic E-state index is 12.4. The maximum Gasteiger partial charge on any atom is 0.355 e. The van der Waals surface area contributed by atoms with Gasteiger partial charge in [0.05, 0.1) is 24.5 Å². The standard InChI is InChI=1S/C22H25N3O8/c1-4-29-21(27)19-13(3)20(22(28)30-5-2)25-15(19)12-33-23-11-18(26)24-14-6-7-16-17(10-14)32-9-8-31-16/h6-7,10-11,25H,4-5,8-9,12H2,1-3H3,(H,24,26). The molecule has 0 saturated heterocycles. The monoisotopic (exact) mass is 459 g/mol. The van der Waals surface area contributed by atoms with Crippen molar-refractivity contribution in [3.05, 3.63) is 40.7 Å². The predicted molar refractivity (Wildman–Crippen MR) is 117 cm³/mol. The molecule has 0 atom stereocenters. The fraction of sp³-hybridized carbons (Fsp3) is 0.364. The zero-order chi connectivity index (χ0) is 23.8. The van der Waals surface area contributed by atoms with Crippen LogP contribution in [0.1, 0.15) is 46.0 Å². The van der Waals surface area contributed by atoms with Crippen molar-refractivity contribution < 1.29 is 38.2 Å². The number of benzene rings is 1. The van der Waals surface area contributed by atoms with Gasteiger partial charge >= 0.3 is 11.9 Å². The van der Waals surface area contributed by atoms with Gasteiger partial charge in [0.2, 0.25) is 0 Å². The van der Waals surface area contributed by atoms with Crippen LogP contribution in [0, 0.1) is 6.92 Å². The number of carbonyl (C=O) groups is 3. The quantitative estimate of drug-likeness (QED) is 0.332. The van der Waals surface area contributed by atoms with Crippen molar-refractivity contribution in [2.75, 3.05) is 31.7 Å². The highest BCUT2D eigenvalue weighted by Crippen LogP contribution is 2.32. The number of aromatic amines is 1. The smallest absolute Gasteiger partial charge is 0.355 e. The van der Waals surface area contributed by atoms with E-state index >= 15 is 0 Å². The topological polar surface area (TPSA) is 138 Å². The van der Waals surface area contributed by atoms with Crippen LogP contribution in [0.3, 0.4) is 0 Å². The van der Waals surface area contributed by atoms with Gasteiger partial charge in [0, 0.05) is 11.8 Å². The SMILES string of the molecule is CCOC(=O)c1[nH]c(CON=CC(=O)Nc2ccc3c(c2)OCCO3)c(C(=O)OCC)c1C. The van der Waals surface area contributed by atoms with E-state index in [4.69, 9.17) is 23.8 Å². The number of amides is 1. The van der Waals surface area contributed by atoms with E-state index in [1.807, 2.05) is 0 Å². The van der Waals surface area contributed by atoms with Crippen molar-refractivity contribution in [1.82, 2.24) is 4.98 Å². The fourth-order valence-corrected chi connectivity index (χ4v) is 3.14. The summed E-state index contributed by atoms with van der Waals surface area (Å²) in [7, 11) is 0. The minimum Gasteiger partial charge on any atom is -0.486 e. The maximum atomic E-state index is 12.4. The summed E-state index contributed by atoms with van der Waals surface area (Å²) < 4.78 is 21.0. The highest BCUT2D eigenvalue weighted by Gasteiger charge is 2.25. The van der Waals surface area contributed by atoms with E-state index in [1.54, 1.807) is 39.0 Å². The van der Waals surface area contributed by atoms with Crippen LogP contribution >= 0.6 is 0 Å². The molecule has 1 aliphatic heterocycles. The lowest BCUT2D eigenvalue weighted by atomic mass is 10.1. The average molecular weight is 459 g/mol. The van der Waals surface area contributed by atoms with Crippen LogP contribution in [0.5, 0.6) is 11.5 Å². The molecule has 2 N–H and O–H groups in total. The van der Waals surface area contributed by atoms with Crippen LogP contribution in [-0.2, 0) is 25.7 Å². The van der Waals surface area contributed by atoms with E-state index in [9.17, 15) is 14.4 Å². The minimum atomic E-state index is -0.610. The van der Waals surface area contributed by atoms with Crippen molar-refractivity contribution in [2.45, 2.75) is 27.4 Å². The third-order valence-corrected chi connectivity index (χ3v) is 4.55. The van der Waals surface area contributed by atoms with E-state index < -0.39 is 17.8 Å². The molecule has 0 spiro atoms. The number of nitrogens with one attached hydrogen (secondary N) is 2. The van der Waals surface area contributed by atoms with Crippen LogP contribution < -0.4 is 14.8 Å². The van der Waals surface area contributed by atoms with Gasteiger partial charge in [-0.3, -0.25) is 4.79 Å². The molecule has 176 valence electrons. The number of hydrogen-bond donors (Lipinski definition) is 2. The Morgan fingerprint density at radius 2 is 1.79 bits per heavy atom. The Kier molecular flexibility index (Phi) is 7.90. The number of carbonyl (C=O) groups excluding carboxylic acids is 3. The number of rotatable bonds is 9. The van der Waals surface area contributed by atoms with Gasteiger partial charge in [0.15, 0.2) is 18.1 Å². The number of ether oxygens (including phenoxy) is 4. The van der Waals surface area contributed by atoms with Crippen LogP contribution in [-0.4, -0.2) is 55.5 Å². The van der Waals surface area contributed by atoms with Crippen LogP contribution in [0.15, 0.2) is 23.4 Å². The molecule has 0 radical (unpaired) electrons. The number of anilines is 1. The van der Waals surface area contributed by atoms with Crippen molar-refractivity contribution in [3.8, 4) is 11.5 Å². The normalized spacial score (nSPS) is 12.3. The molecular formula is C22H25N3O8. The van der Waals surface area contributed by atoms with Gasteiger partial charge in [0.1, 0.15) is 25.1 Å². The van der Waals surface area contributed by atoms with E-state index in [0.29, 0.717) is 36.0 Å². The Labute approximate surface area is 190 Å². The summed E-state index contributed by atoms with van der Waals surface area (Å²) in [5.74, 6) is -0.600. The second-order valence-corrected chi connectivity index (χ2v) is 6.78. The molecule has 1 aromatic carbocycles. The lowest BCUT2D eigenvalue weighted by molar-refractivity contribution is -0.110. The molecule has 0 aliphatic carbocycles. The second-order valence-electron chi connectivity index (χ2n) is 6.78. The van der Waals surface area contributed by atoms with Gasteiger partial charge < -0.3 is 34.1 Å². The van der Waals surface area contributed by atoms with Crippen molar-refractivity contribution in [1.29, 1.82) is 0 Å². The number of nitrogens with zero attached hydrogens (tertiary/aromatic N) is 1. The van der Waals surface area contributed by atoms with Gasteiger partial charge in [0.25, 0.3) is 5.91 Å². The van der Waals surface area contributed by atoms with Crippen LogP contribution in [0.2, 0.25) is 0 Å². The Hall–Kier alpha value is -4.02. The van der Waals surface area contributed by atoms with Gasteiger partial charge in [-0.2, -0.15) is 0 Å². The highest BCUT2D eigenvalue weighted by molar-refractivity contribution is 6.31. The summed E-state index contributed by atoms with van der Waals surface area (Å²) in [6.45, 7) is 6.00. The molecule has 1 aliphatic rings. The number of fused-ring (bicyclic) bond motifs is 1. The molecule has 1 amide bonds. The summed E-state index contributed by atoms with van der Waals surface area (Å²) in [4.78, 5) is 44.6. The van der Waals surface area contributed by atoms with Gasteiger partial charge in [-0.1, -0.05) is 5.16 Å². The van der Waals surface area contributed by atoms with Gasteiger partial charge in [-0.15, -0.1) is 0 Å². The minimum absolute atomic E-state index is 0.124. The fourth-order valence-electron chi connectivity index (χ4n) is 3.14. The predicted octanol–water partition coefficient (Wildman–Crippen LogP) is 2.59. The van der Waals surface area contributed by atoms with E-state index in [2.05, 4.69) is 15.5 Å². The van der Waals surface area contributed by atoms with Gasteiger partial charge in [-0.05, 0) is 38.5 Å². The summed E-state index contributed by atoms with van der Waals surface area (Å²) in [5, 5.41) is 6.27. The molecule has 11 heteroatoms. The third kappa shape index (κ3) is 5.82. The zero-order valence-electron chi connectivity index (χ0n) is 18.6. The molecular weight excluding hydrogens is 434 g/mol. The first kappa shape index (κ1) is 23.6. The molecule has 0 unspecified atom stereocenters. The molecule has 33 heavy (non-hydrogen) atoms. The van der Waals surface area contributed by atoms with Crippen molar-refractivity contribution >= 4 is 29.7 Å². The Bertz CT molecular complexity index is 1060. The molecule has 3 rings (SSSR count). The Morgan fingerprint density at radius 3 is 2.52 bits per heavy atom. The van der Waals surface area contributed by atoms with Crippen LogP contribution in [0.4, 0.5) is 5.69 Å². The van der Waals surface area contributed by atoms with Crippen molar-refractivity contribution in [3.63, 3.8) is 0 Å². The molecule has 0 bridgehead atoms. The summed E-state index contributed by atoms with van der Waals surface area (Å²) in [6.07, 6.45) is 0.947. The average Bonchev–Trinajstić information content (AvgIpc) is 3.13. The molecule has 0 saturated carbocycles. The summed E-state index contributed by atoms with van der Waals surface area (Å²) >= 11 is 0. The lowest BCUT2D eigenvalue weighted by Gasteiger charge is -2.18. The van der Waals surface area contributed by atoms with E-state index in [0.717, 1.165) is 6.21 Å². The molecule has 1 aromatic heterocycles. The van der Waals surface area contributed by atoms with E-state index in [1.165, 1.54) is 0 Å².